The van der Waals surface area contributed by atoms with Crippen molar-refractivity contribution in [2.24, 2.45) is 0 Å². The highest BCUT2D eigenvalue weighted by atomic mass is 19.1. The minimum Gasteiger partial charge on any atom is -0.483 e. The number of methoxy groups -OCH3 is 1. The Balaban J connectivity index is 1.82. The lowest BCUT2D eigenvalue weighted by atomic mass is 10.1. The first kappa shape index (κ1) is 18.3. The van der Waals surface area contributed by atoms with Gasteiger partial charge in [0.2, 0.25) is 0 Å². The lowest BCUT2D eigenvalue weighted by molar-refractivity contribution is -0.118. The van der Waals surface area contributed by atoms with E-state index in [4.69, 9.17) is 9.47 Å². The predicted molar refractivity (Wildman–Crippen MR) is 98.3 cm³/mol. The molecule has 0 bridgehead atoms. The van der Waals surface area contributed by atoms with Crippen LogP contribution in [0.4, 0.5) is 10.1 Å². The molecule has 0 fully saturated rings. The molecule has 0 aliphatic rings. The van der Waals surface area contributed by atoms with Gasteiger partial charge in [-0.15, -0.1) is 0 Å². The highest BCUT2D eigenvalue weighted by molar-refractivity contribution is 5.95. The summed E-state index contributed by atoms with van der Waals surface area (Å²) >= 11 is 0. The van der Waals surface area contributed by atoms with Gasteiger partial charge in [0.25, 0.3) is 5.91 Å². The number of aryl methyl sites for hydroxylation is 1. The molecule has 138 valence electrons. The molecule has 1 aromatic heterocycles. The molecule has 2 aromatic carbocycles. The van der Waals surface area contributed by atoms with Crippen LogP contribution in [-0.4, -0.2) is 30.6 Å². The number of hydrogen-bond acceptors (Lipinski definition) is 5. The maximum Gasteiger partial charge on any atom is 0.356 e. The van der Waals surface area contributed by atoms with Crippen molar-refractivity contribution < 1.29 is 23.5 Å². The predicted octanol–water partition coefficient (Wildman–Crippen LogP) is 3.49. The van der Waals surface area contributed by atoms with Crippen LogP contribution in [0.1, 0.15) is 16.1 Å². The molecule has 1 heterocycles. The van der Waals surface area contributed by atoms with Crippen molar-refractivity contribution in [3.05, 3.63) is 65.6 Å². The van der Waals surface area contributed by atoms with Crippen LogP contribution in [0.25, 0.3) is 10.9 Å². The Bertz CT molecular complexity index is 1000. The van der Waals surface area contributed by atoms with E-state index in [9.17, 15) is 14.0 Å². The number of halogens is 1. The number of nitrogens with one attached hydrogen (secondary N) is 1. The smallest absolute Gasteiger partial charge is 0.356 e. The monoisotopic (exact) mass is 368 g/mol. The number of carbonyl (C=O) groups excluding carboxylic acids is 2. The van der Waals surface area contributed by atoms with Crippen LogP contribution < -0.4 is 10.1 Å². The number of anilines is 1. The van der Waals surface area contributed by atoms with E-state index in [2.05, 4.69) is 10.3 Å². The van der Waals surface area contributed by atoms with Crippen molar-refractivity contribution in [2.45, 2.75) is 6.92 Å². The molecule has 27 heavy (non-hydrogen) atoms. The second-order valence-electron chi connectivity index (χ2n) is 5.86. The number of ether oxygens (including phenoxy) is 2. The Kier molecular flexibility index (Phi) is 5.30. The molecule has 0 aliphatic carbocycles. The highest BCUT2D eigenvalue weighted by Gasteiger charge is 2.14. The molecule has 0 atom stereocenters. The fourth-order valence-corrected chi connectivity index (χ4v) is 2.51. The standard InChI is InChI=1S/C20H17FN2O4/c1-12-3-8-16-15(9-12)18(10-17(23-16)20(25)26-2)27-11-19(24)22-14-6-4-13(21)5-7-14/h3-10H,11H2,1-2H3,(H,22,24). The summed E-state index contributed by atoms with van der Waals surface area (Å²) in [6.45, 7) is 1.63. The van der Waals surface area contributed by atoms with Crippen molar-refractivity contribution in [3.63, 3.8) is 0 Å². The minimum atomic E-state index is -0.599. The summed E-state index contributed by atoms with van der Waals surface area (Å²) in [5.74, 6) is -1.06. The molecule has 0 unspecified atom stereocenters. The largest absolute Gasteiger partial charge is 0.483 e. The van der Waals surface area contributed by atoms with Gasteiger partial charge in [0.15, 0.2) is 12.3 Å². The number of benzene rings is 2. The average Bonchev–Trinajstić information content (AvgIpc) is 2.67. The molecule has 1 amide bonds. The van der Waals surface area contributed by atoms with Gasteiger partial charge in [0.1, 0.15) is 11.6 Å². The fourth-order valence-electron chi connectivity index (χ4n) is 2.51. The first-order valence-corrected chi connectivity index (χ1v) is 8.14. The zero-order chi connectivity index (χ0) is 19.4. The molecule has 0 radical (unpaired) electrons. The van der Waals surface area contributed by atoms with Crippen LogP contribution in [-0.2, 0) is 9.53 Å². The Morgan fingerprint density at radius 2 is 1.85 bits per heavy atom. The topological polar surface area (TPSA) is 77.5 Å². The third kappa shape index (κ3) is 4.38. The highest BCUT2D eigenvalue weighted by Crippen LogP contribution is 2.27. The van der Waals surface area contributed by atoms with Gasteiger partial charge in [-0.1, -0.05) is 11.6 Å². The van der Waals surface area contributed by atoms with Gasteiger partial charge < -0.3 is 14.8 Å². The van der Waals surface area contributed by atoms with Crippen molar-refractivity contribution in [1.29, 1.82) is 0 Å². The maximum absolute atomic E-state index is 12.9. The van der Waals surface area contributed by atoms with Crippen LogP contribution in [0.2, 0.25) is 0 Å². The third-order valence-electron chi connectivity index (χ3n) is 3.81. The number of rotatable bonds is 5. The van der Waals surface area contributed by atoms with E-state index in [0.717, 1.165) is 5.56 Å². The quantitative estimate of drug-likeness (QED) is 0.698. The van der Waals surface area contributed by atoms with Gasteiger partial charge >= 0.3 is 5.97 Å². The summed E-state index contributed by atoms with van der Waals surface area (Å²) in [6.07, 6.45) is 0. The Labute approximate surface area is 154 Å². The third-order valence-corrected chi connectivity index (χ3v) is 3.81. The van der Waals surface area contributed by atoms with E-state index in [1.807, 2.05) is 19.1 Å². The fraction of sp³-hybridized carbons (Fsp3) is 0.150. The lowest BCUT2D eigenvalue weighted by Gasteiger charge is -2.11. The van der Waals surface area contributed by atoms with Gasteiger partial charge in [-0.25, -0.2) is 14.2 Å². The maximum atomic E-state index is 12.9. The number of pyridine rings is 1. The molecule has 3 aromatic rings. The van der Waals surface area contributed by atoms with E-state index >= 15 is 0 Å². The van der Waals surface area contributed by atoms with E-state index in [1.165, 1.54) is 37.4 Å². The van der Waals surface area contributed by atoms with Crippen LogP contribution >= 0.6 is 0 Å². The number of carbonyl (C=O) groups is 2. The van der Waals surface area contributed by atoms with Crippen molar-refractivity contribution in [2.75, 3.05) is 19.0 Å². The summed E-state index contributed by atoms with van der Waals surface area (Å²) in [5.41, 5.74) is 2.08. The molecule has 7 heteroatoms. The summed E-state index contributed by atoms with van der Waals surface area (Å²) in [5, 5.41) is 3.29. The zero-order valence-electron chi connectivity index (χ0n) is 14.8. The second-order valence-corrected chi connectivity index (χ2v) is 5.86. The SMILES string of the molecule is COC(=O)c1cc(OCC(=O)Nc2ccc(F)cc2)c2cc(C)ccc2n1. The average molecular weight is 368 g/mol. The van der Waals surface area contributed by atoms with Crippen LogP contribution in [0.3, 0.4) is 0 Å². The molecule has 0 spiro atoms. The van der Waals surface area contributed by atoms with Crippen LogP contribution in [0.5, 0.6) is 5.75 Å². The van der Waals surface area contributed by atoms with Crippen LogP contribution in [0, 0.1) is 12.7 Å². The van der Waals surface area contributed by atoms with Crippen molar-refractivity contribution in [3.8, 4) is 5.75 Å². The molecule has 1 N–H and O–H groups in total. The molecule has 0 aliphatic heterocycles. The van der Waals surface area contributed by atoms with Crippen molar-refractivity contribution >= 4 is 28.5 Å². The minimum absolute atomic E-state index is 0.0859. The molecule has 3 rings (SSSR count). The Hall–Kier alpha value is -3.48. The van der Waals surface area contributed by atoms with E-state index in [0.29, 0.717) is 22.3 Å². The van der Waals surface area contributed by atoms with Gasteiger partial charge in [-0.2, -0.15) is 0 Å². The normalized spacial score (nSPS) is 10.5. The Morgan fingerprint density at radius 3 is 2.56 bits per heavy atom. The summed E-state index contributed by atoms with van der Waals surface area (Å²) in [4.78, 5) is 28.2. The molecule has 6 nitrogen and oxygen atoms in total. The lowest BCUT2D eigenvalue weighted by Crippen LogP contribution is -2.20. The molecule has 0 saturated heterocycles. The van der Waals surface area contributed by atoms with Crippen molar-refractivity contribution in [1.82, 2.24) is 4.98 Å². The first-order chi connectivity index (χ1) is 13.0. The summed E-state index contributed by atoms with van der Waals surface area (Å²) in [7, 11) is 1.26. The second kappa shape index (κ2) is 7.82. The van der Waals surface area contributed by atoms with Crippen LogP contribution in [0.15, 0.2) is 48.5 Å². The number of nitrogens with zero attached hydrogens (tertiary/aromatic N) is 1. The number of aromatic nitrogens is 1. The number of fused-ring (bicyclic) bond motifs is 1. The molecular formula is C20H17FN2O4. The number of esters is 1. The Morgan fingerprint density at radius 1 is 1.11 bits per heavy atom. The van der Waals surface area contributed by atoms with Gasteiger partial charge in [0.05, 0.1) is 12.6 Å². The summed E-state index contributed by atoms with van der Waals surface area (Å²) < 4.78 is 23.3. The van der Waals surface area contributed by atoms with E-state index in [1.54, 1.807) is 6.07 Å². The van der Waals surface area contributed by atoms with E-state index < -0.39 is 17.7 Å². The molecular weight excluding hydrogens is 351 g/mol. The summed E-state index contributed by atoms with van der Waals surface area (Å²) in [6, 6.07) is 12.3. The molecule has 0 saturated carbocycles. The van der Waals surface area contributed by atoms with Gasteiger partial charge in [-0.3, -0.25) is 4.79 Å². The van der Waals surface area contributed by atoms with Gasteiger partial charge in [0, 0.05) is 17.1 Å². The number of amides is 1. The van der Waals surface area contributed by atoms with Gasteiger partial charge in [-0.05, 0) is 43.3 Å². The van der Waals surface area contributed by atoms with E-state index in [-0.39, 0.29) is 12.3 Å². The number of hydrogen-bond donors (Lipinski definition) is 1. The zero-order valence-corrected chi connectivity index (χ0v) is 14.8. The first-order valence-electron chi connectivity index (χ1n) is 8.14.